The maximum Gasteiger partial charge on any atom is 0.416 e. The third kappa shape index (κ3) is 5.16. The molecule has 0 unspecified atom stereocenters. The lowest BCUT2D eigenvalue weighted by atomic mass is 10.0. The summed E-state index contributed by atoms with van der Waals surface area (Å²) in [5, 5.41) is 9.26. The Balaban J connectivity index is 1.38. The molecule has 1 aliphatic heterocycles. The number of hydrogen-bond donors (Lipinski definition) is 2. The van der Waals surface area contributed by atoms with Gasteiger partial charge in [-0.3, -0.25) is 9.48 Å². The van der Waals surface area contributed by atoms with Gasteiger partial charge in [-0.1, -0.05) is 12.1 Å². The number of anilines is 2. The van der Waals surface area contributed by atoms with Crippen molar-refractivity contribution in [2.75, 3.05) is 16.8 Å². The number of nitrogens with one attached hydrogen (secondary N) is 2. The van der Waals surface area contributed by atoms with E-state index in [-0.39, 0.29) is 11.6 Å². The van der Waals surface area contributed by atoms with E-state index in [2.05, 4.69) is 15.7 Å². The van der Waals surface area contributed by atoms with Crippen LogP contribution in [0, 0.1) is 0 Å². The van der Waals surface area contributed by atoms with Crippen molar-refractivity contribution in [3.05, 3.63) is 66.5 Å². The molecule has 172 valence electrons. The molecular weight excluding hydrogens is 435 g/mol. The highest BCUT2D eigenvalue weighted by atomic mass is 19.4. The van der Waals surface area contributed by atoms with E-state index < -0.39 is 23.8 Å². The summed E-state index contributed by atoms with van der Waals surface area (Å²) in [4.78, 5) is 26.9. The number of urea groups is 1. The number of aryl methyl sites for hydroxylation is 1. The van der Waals surface area contributed by atoms with Crippen LogP contribution < -0.4 is 15.5 Å². The van der Waals surface area contributed by atoms with Crippen LogP contribution in [-0.4, -0.2) is 34.3 Å². The summed E-state index contributed by atoms with van der Waals surface area (Å²) in [7, 11) is 1.84. The van der Waals surface area contributed by atoms with Crippen molar-refractivity contribution in [2.24, 2.45) is 7.05 Å². The van der Waals surface area contributed by atoms with Crippen molar-refractivity contribution < 1.29 is 22.8 Å². The normalized spacial score (nSPS) is 16.5. The molecule has 1 aromatic heterocycles. The van der Waals surface area contributed by atoms with Crippen LogP contribution in [0.3, 0.4) is 0 Å². The molecule has 0 radical (unpaired) electrons. The Hall–Kier alpha value is -3.82. The smallest absolute Gasteiger partial charge is 0.326 e. The SMILES string of the molecule is Cn1cc(-c2ccc(N3CCC[C@@H](NC(=O)Nc4ccc(C(F)(F)F)cc4)C3=O)cc2)cn1. The molecule has 1 atom stereocenters. The number of carbonyl (C=O) groups is 2. The molecule has 10 heteroatoms. The van der Waals surface area contributed by atoms with E-state index in [0.29, 0.717) is 19.4 Å². The number of amides is 3. The summed E-state index contributed by atoms with van der Waals surface area (Å²) in [5.41, 5.74) is 2.06. The largest absolute Gasteiger partial charge is 0.416 e. The highest BCUT2D eigenvalue weighted by Crippen LogP contribution is 2.30. The first-order valence-electron chi connectivity index (χ1n) is 10.4. The second kappa shape index (κ2) is 8.97. The van der Waals surface area contributed by atoms with E-state index in [1.54, 1.807) is 15.8 Å². The Morgan fingerprint density at radius 1 is 1.06 bits per heavy atom. The third-order valence-corrected chi connectivity index (χ3v) is 5.43. The molecule has 0 saturated carbocycles. The first-order chi connectivity index (χ1) is 15.7. The summed E-state index contributed by atoms with van der Waals surface area (Å²) in [6.45, 7) is 0.532. The summed E-state index contributed by atoms with van der Waals surface area (Å²) < 4.78 is 39.7. The minimum absolute atomic E-state index is 0.201. The quantitative estimate of drug-likeness (QED) is 0.609. The first kappa shape index (κ1) is 22.4. The predicted molar refractivity (Wildman–Crippen MR) is 118 cm³/mol. The van der Waals surface area contributed by atoms with E-state index in [4.69, 9.17) is 0 Å². The lowest BCUT2D eigenvalue weighted by molar-refractivity contribution is -0.137. The van der Waals surface area contributed by atoms with Crippen LogP contribution in [0.1, 0.15) is 18.4 Å². The molecule has 1 fully saturated rings. The van der Waals surface area contributed by atoms with Crippen LogP contribution in [-0.2, 0) is 18.0 Å². The zero-order chi connectivity index (χ0) is 23.6. The first-order valence-corrected chi connectivity index (χ1v) is 10.4. The van der Waals surface area contributed by atoms with E-state index in [9.17, 15) is 22.8 Å². The van der Waals surface area contributed by atoms with E-state index in [0.717, 1.165) is 28.9 Å². The number of carbonyl (C=O) groups excluding carboxylic acids is 2. The van der Waals surface area contributed by atoms with Gasteiger partial charge in [-0.2, -0.15) is 18.3 Å². The van der Waals surface area contributed by atoms with Crippen LogP contribution in [0.15, 0.2) is 60.9 Å². The minimum atomic E-state index is -4.45. The monoisotopic (exact) mass is 457 g/mol. The molecule has 33 heavy (non-hydrogen) atoms. The van der Waals surface area contributed by atoms with Crippen LogP contribution >= 0.6 is 0 Å². The molecule has 2 N–H and O–H groups in total. The molecule has 3 amide bonds. The van der Waals surface area contributed by atoms with Crippen LogP contribution in [0.25, 0.3) is 11.1 Å². The Bertz CT molecular complexity index is 1140. The van der Waals surface area contributed by atoms with Gasteiger partial charge in [0.05, 0.1) is 11.8 Å². The number of rotatable bonds is 4. The van der Waals surface area contributed by atoms with Crippen molar-refractivity contribution in [3.63, 3.8) is 0 Å². The number of piperidine rings is 1. The van der Waals surface area contributed by atoms with Gasteiger partial charge in [0.1, 0.15) is 6.04 Å². The number of aromatic nitrogens is 2. The van der Waals surface area contributed by atoms with Gasteiger partial charge >= 0.3 is 12.2 Å². The fraction of sp³-hybridized carbons (Fsp3) is 0.261. The number of alkyl halides is 3. The van der Waals surface area contributed by atoms with Crippen molar-refractivity contribution in [1.82, 2.24) is 15.1 Å². The van der Waals surface area contributed by atoms with Gasteiger partial charge in [-0.05, 0) is 54.8 Å². The Morgan fingerprint density at radius 2 is 1.76 bits per heavy atom. The van der Waals surface area contributed by atoms with Crippen molar-refractivity contribution >= 4 is 23.3 Å². The second-order valence-electron chi connectivity index (χ2n) is 7.81. The summed E-state index contributed by atoms with van der Waals surface area (Å²) in [6, 6.07) is 10.3. The van der Waals surface area contributed by atoms with Gasteiger partial charge in [0, 0.05) is 36.7 Å². The van der Waals surface area contributed by atoms with Gasteiger partial charge in [-0.25, -0.2) is 4.79 Å². The lowest BCUT2D eigenvalue weighted by Gasteiger charge is -2.32. The average molecular weight is 457 g/mol. The number of hydrogen-bond acceptors (Lipinski definition) is 3. The molecule has 0 aliphatic carbocycles. The highest BCUT2D eigenvalue weighted by molar-refractivity contribution is 6.01. The number of nitrogens with zero attached hydrogens (tertiary/aromatic N) is 3. The predicted octanol–water partition coefficient (Wildman–Crippen LogP) is 4.42. The van der Waals surface area contributed by atoms with Crippen molar-refractivity contribution in [3.8, 4) is 11.1 Å². The van der Waals surface area contributed by atoms with Crippen molar-refractivity contribution in [1.29, 1.82) is 0 Å². The molecule has 0 spiro atoms. The van der Waals surface area contributed by atoms with Gasteiger partial charge in [0.2, 0.25) is 5.91 Å². The van der Waals surface area contributed by atoms with Gasteiger partial charge < -0.3 is 15.5 Å². The Morgan fingerprint density at radius 3 is 2.36 bits per heavy atom. The van der Waals surface area contributed by atoms with E-state index in [1.165, 1.54) is 12.1 Å². The minimum Gasteiger partial charge on any atom is -0.326 e. The third-order valence-electron chi connectivity index (χ3n) is 5.43. The molecule has 0 bridgehead atoms. The van der Waals surface area contributed by atoms with Crippen molar-refractivity contribution in [2.45, 2.75) is 25.1 Å². The maximum absolute atomic E-state index is 13.0. The molecule has 1 saturated heterocycles. The number of benzene rings is 2. The number of halogens is 3. The van der Waals surface area contributed by atoms with Crippen LogP contribution in [0.5, 0.6) is 0 Å². The highest BCUT2D eigenvalue weighted by Gasteiger charge is 2.32. The van der Waals surface area contributed by atoms with E-state index >= 15 is 0 Å². The van der Waals surface area contributed by atoms with Crippen LogP contribution in [0.2, 0.25) is 0 Å². The van der Waals surface area contributed by atoms with Gasteiger partial charge in [-0.15, -0.1) is 0 Å². The average Bonchev–Trinajstić information content (AvgIpc) is 3.21. The fourth-order valence-electron chi connectivity index (χ4n) is 3.74. The summed E-state index contributed by atoms with van der Waals surface area (Å²) in [5.74, 6) is -0.238. The molecule has 3 aromatic rings. The molecule has 1 aliphatic rings. The van der Waals surface area contributed by atoms with Crippen LogP contribution in [0.4, 0.5) is 29.3 Å². The zero-order valence-corrected chi connectivity index (χ0v) is 17.8. The molecule has 2 heterocycles. The molecule has 7 nitrogen and oxygen atoms in total. The van der Waals surface area contributed by atoms with Gasteiger partial charge in [0.25, 0.3) is 0 Å². The standard InChI is InChI=1S/C23H22F3N5O2/c1-30-14-16(13-27-30)15-4-10-19(11-5-15)31-12-2-3-20(21(31)32)29-22(33)28-18-8-6-17(7-9-18)23(24,25)26/h4-11,13-14,20H,2-3,12H2,1H3,(H2,28,29,33)/t20-/m1/s1. The molecule has 2 aromatic carbocycles. The maximum atomic E-state index is 13.0. The summed E-state index contributed by atoms with van der Waals surface area (Å²) >= 11 is 0. The van der Waals surface area contributed by atoms with E-state index in [1.807, 2.05) is 37.5 Å². The zero-order valence-electron chi connectivity index (χ0n) is 17.8. The summed E-state index contributed by atoms with van der Waals surface area (Å²) in [6.07, 6.45) is 0.381. The second-order valence-corrected chi connectivity index (χ2v) is 7.81. The van der Waals surface area contributed by atoms with Gasteiger partial charge in [0.15, 0.2) is 0 Å². The molecular formula is C23H22F3N5O2. The fourth-order valence-corrected chi connectivity index (χ4v) is 3.74. The molecule has 4 rings (SSSR count). The lowest BCUT2D eigenvalue weighted by Crippen LogP contribution is -2.53. The Labute approximate surface area is 188 Å². The topological polar surface area (TPSA) is 79.3 Å². The Kier molecular flexibility index (Phi) is 6.08.